The molecular weight excluding hydrogens is 212 g/mol. The van der Waals surface area contributed by atoms with Crippen LogP contribution in [0.5, 0.6) is 0 Å². The molecule has 15 heavy (non-hydrogen) atoms. The molecule has 0 saturated heterocycles. The van der Waals surface area contributed by atoms with Crippen LogP contribution in [0.15, 0.2) is 18.2 Å². The normalized spacial score (nSPS) is 13.9. The van der Waals surface area contributed by atoms with Gasteiger partial charge >= 0.3 is 0 Å². The van der Waals surface area contributed by atoms with E-state index in [1.807, 2.05) is 32.0 Å². The third-order valence-corrected chi connectivity index (χ3v) is 3.70. The number of hydrogen-bond donors (Lipinski definition) is 1. The van der Waals surface area contributed by atoms with Crippen molar-refractivity contribution in [3.63, 3.8) is 0 Å². The van der Waals surface area contributed by atoms with Crippen molar-refractivity contribution in [2.75, 3.05) is 0 Å². The van der Waals surface area contributed by atoms with Crippen molar-refractivity contribution in [3.8, 4) is 0 Å². The molecule has 1 rings (SSSR count). The Hall–Kier alpha value is -0.870. The second-order valence-corrected chi connectivity index (χ2v) is 5.79. The Bertz CT molecular complexity index is 449. The fourth-order valence-corrected chi connectivity index (χ4v) is 1.83. The highest BCUT2D eigenvalue weighted by atomic mass is 32.2. The Kier molecular flexibility index (Phi) is 3.52. The molecule has 0 aliphatic carbocycles. The van der Waals surface area contributed by atoms with Crippen LogP contribution in [0, 0.1) is 13.8 Å². The number of rotatable bonds is 3. The minimum Gasteiger partial charge on any atom is -0.285 e. The molecule has 3 nitrogen and oxygen atoms in total. The Morgan fingerprint density at radius 3 is 2.47 bits per heavy atom. The molecule has 0 fully saturated rings. The Morgan fingerprint density at radius 1 is 1.33 bits per heavy atom. The van der Waals surface area contributed by atoms with Crippen LogP contribution >= 0.6 is 0 Å². The zero-order valence-electron chi connectivity index (χ0n) is 9.19. The summed E-state index contributed by atoms with van der Waals surface area (Å²) >= 11 is 0. The van der Waals surface area contributed by atoms with Gasteiger partial charge in [0.15, 0.2) is 0 Å². The first kappa shape index (κ1) is 12.2. The van der Waals surface area contributed by atoms with Gasteiger partial charge in [0.25, 0.3) is 10.1 Å². The number of benzene rings is 1. The van der Waals surface area contributed by atoms with Crippen molar-refractivity contribution in [2.24, 2.45) is 0 Å². The van der Waals surface area contributed by atoms with E-state index in [0.717, 1.165) is 16.7 Å². The van der Waals surface area contributed by atoms with Crippen LogP contribution in [-0.2, 0) is 16.5 Å². The lowest BCUT2D eigenvalue weighted by atomic mass is 10.0. The SMILES string of the molecule is Cc1ccc(C)c(CC(C)S(=O)(=O)O)c1. The van der Waals surface area contributed by atoms with Crippen molar-refractivity contribution in [1.82, 2.24) is 0 Å². The van der Waals surface area contributed by atoms with E-state index < -0.39 is 15.4 Å². The summed E-state index contributed by atoms with van der Waals surface area (Å²) in [6.45, 7) is 5.41. The van der Waals surface area contributed by atoms with E-state index >= 15 is 0 Å². The highest BCUT2D eigenvalue weighted by Crippen LogP contribution is 2.15. The quantitative estimate of drug-likeness (QED) is 0.806. The van der Waals surface area contributed by atoms with E-state index in [9.17, 15) is 8.42 Å². The van der Waals surface area contributed by atoms with Crippen LogP contribution in [0.4, 0.5) is 0 Å². The second kappa shape index (κ2) is 4.33. The molecule has 0 heterocycles. The average Bonchev–Trinajstić information content (AvgIpc) is 2.09. The van der Waals surface area contributed by atoms with E-state index in [-0.39, 0.29) is 0 Å². The number of hydrogen-bond acceptors (Lipinski definition) is 2. The lowest BCUT2D eigenvalue weighted by Gasteiger charge is -2.11. The van der Waals surface area contributed by atoms with Gasteiger partial charge in [-0.15, -0.1) is 0 Å². The van der Waals surface area contributed by atoms with E-state index in [1.165, 1.54) is 6.92 Å². The fourth-order valence-electron chi connectivity index (χ4n) is 1.44. The summed E-state index contributed by atoms with van der Waals surface area (Å²) in [5, 5.41) is -0.752. The predicted molar refractivity (Wildman–Crippen MR) is 60.6 cm³/mol. The van der Waals surface area contributed by atoms with Gasteiger partial charge in [0.05, 0.1) is 5.25 Å². The smallest absolute Gasteiger partial charge is 0.267 e. The summed E-state index contributed by atoms with van der Waals surface area (Å²) in [5.41, 5.74) is 3.12. The van der Waals surface area contributed by atoms with Crippen LogP contribution < -0.4 is 0 Å². The molecule has 0 spiro atoms. The molecule has 0 bridgehead atoms. The van der Waals surface area contributed by atoms with Crippen LogP contribution in [0.2, 0.25) is 0 Å². The fraction of sp³-hybridized carbons (Fsp3) is 0.455. The molecule has 0 aromatic heterocycles. The molecular formula is C11H16O3S. The van der Waals surface area contributed by atoms with E-state index in [2.05, 4.69) is 0 Å². The molecule has 84 valence electrons. The van der Waals surface area contributed by atoms with Crippen molar-refractivity contribution in [3.05, 3.63) is 34.9 Å². The monoisotopic (exact) mass is 228 g/mol. The topological polar surface area (TPSA) is 54.4 Å². The summed E-state index contributed by atoms with van der Waals surface area (Å²) in [6, 6.07) is 5.90. The molecule has 0 aliphatic heterocycles. The van der Waals surface area contributed by atoms with Gasteiger partial charge in [0.1, 0.15) is 0 Å². The molecule has 1 atom stereocenters. The Balaban J connectivity index is 2.95. The summed E-state index contributed by atoms with van der Waals surface area (Å²) in [4.78, 5) is 0. The lowest BCUT2D eigenvalue weighted by Crippen LogP contribution is -2.19. The van der Waals surface area contributed by atoms with Crippen molar-refractivity contribution in [2.45, 2.75) is 32.4 Å². The van der Waals surface area contributed by atoms with Gasteiger partial charge in [-0.25, -0.2) is 0 Å². The maximum atomic E-state index is 10.9. The zero-order chi connectivity index (χ0) is 11.6. The first-order valence-electron chi connectivity index (χ1n) is 4.83. The maximum Gasteiger partial charge on any atom is 0.267 e. The standard InChI is InChI=1S/C11H16O3S/c1-8-4-5-9(2)11(6-8)7-10(3)15(12,13)14/h4-6,10H,7H2,1-3H3,(H,12,13,14). The minimum atomic E-state index is -3.93. The van der Waals surface area contributed by atoms with Gasteiger partial charge in [-0.05, 0) is 38.3 Å². The van der Waals surface area contributed by atoms with Gasteiger partial charge in [-0.3, -0.25) is 4.55 Å². The highest BCUT2D eigenvalue weighted by Gasteiger charge is 2.18. The van der Waals surface area contributed by atoms with E-state index in [1.54, 1.807) is 0 Å². The predicted octanol–water partition coefficient (Wildman–Crippen LogP) is 2.12. The highest BCUT2D eigenvalue weighted by molar-refractivity contribution is 7.86. The molecule has 0 saturated carbocycles. The molecule has 1 unspecified atom stereocenters. The molecule has 0 radical (unpaired) electrons. The molecule has 1 N–H and O–H groups in total. The summed E-state index contributed by atoms with van der Waals surface area (Å²) in [5.74, 6) is 0. The van der Waals surface area contributed by atoms with Crippen molar-refractivity contribution < 1.29 is 13.0 Å². The Labute approximate surface area is 90.9 Å². The summed E-state index contributed by atoms with van der Waals surface area (Å²) in [7, 11) is -3.93. The minimum absolute atomic E-state index is 0.354. The van der Waals surface area contributed by atoms with Crippen LogP contribution in [0.25, 0.3) is 0 Å². The first-order chi connectivity index (χ1) is 6.80. The molecule has 0 aliphatic rings. The third-order valence-electron chi connectivity index (χ3n) is 2.52. The summed E-state index contributed by atoms with van der Waals surface area (Å²) < 4.78 is 30.7. The molecule has 4 heteroatoms. The van der Waals surface area contributed by atoms with Gasteiger partial charge in [-0.2, -0.15) is 8.42 Å². The van der Waals surface area contributed by atoms with Crippen LogP contribution in [-0.4, -0.2) is 18.2 Å². The van der Waals surface area contributed by atoms with Crippen LogP contribution in [0.1, 0.15) is 23.6 Å². The summed E-state index contributed by atoms with van der Waals surface area (Å²) in [6.07, 6.45) is 0.354. The second-order valence-electron chi connectivity index (χ2n) is 3.96. The molecule has 0 amide bonds. The third kappa shape index (κ3) is 3.32. The molecule has 1 aromatic carbocycles. The zero-order valence-corrected chi connectivity index (χ0v) is 10.0. The number of aryl methyl sites for hydroxylation is 2. The van der Waals surface area contributed by atoms with Gasteiger partial charge in [0.2, 0.25) is 0 Å². The van der Waals surface area contributed by atoms with Crippen molar-refractivity contribution >= 4 is 10.1 Å². The largest absolute Gasteiger partial charge is 0.285 e. The molecule has 1 aromatic rings. The van der Waals surface area contributed by atoms with Crippen LogP contribution in [0.3, 0.4) is 0 Å². The maximum absolute atomic E-state index is 10.9. The lowest BCUT2D eigenvalue weighted by molar-refractivity contribution is 0.469. The Morgan fingerprint density at radius 2 is 1.93 bits per heavy atom. The van der Waals surface area contributed by atoms with Gasteiger partial charge in [0, 0.05) is 0 Å². The first-order valence-corrected chi connectivity index (χ1v) is 6.33. The van der Waals surface area contributed by atoms with Gasteiger partial charge in [-0.1, -0.05) is 23.8 Å². The van der Waals surface area contributed by atoms with Crippen molar-refractivity contribution in [1.29, 1.82) is 0 Å². The van der Waals surface area contributed by atoms with E-state index in [0.29, 0.717) is 6.42 Å². The van der Waals surface area contributed by atoms with E-state index in [4.69, 9.17) is 4.55 Å². The average molecular weight is 228 g/mol. The van der Waals surface area contributed by atoms with Gasteiger partial charge < -0.3 is 0 Å².